The molecule has 3 N–H and O–H groups in total. The first-order valence-electron chi connectivity index (χ1n) is 9.25. The molecule has 0 aliphatic carbocycles. The van der Waals surface area contributed by atoms with Gasteiger partial charge in [0.2, 0.25) is 0 Å². The number of aryl methyl sites for hydroxylation is 1. The summed E-state index contributed by atoms with van der Waals surface area (Å²) in [5.74, 6) is -0.240. The number of carboxylic acids is 1. The Morgan fingerprint density at radius 2 is 2.17 bits per heavy atom. The molecule has 0 amide bonds. The van der Waals surface area contributed by atoms with E-state index in [1.54, 1.807) is 11.0 Å². The first-order valence-corrected chi connectivity index (χ1v) is 9.25. The quantitative estimate of drug-likeness (QED) is 0.517. The van der Waals surface area contributed by atoms with Crippen molar-refractivity contribution in [1.82, 2.24) is 24.6 Å². The van der Waals surface area contributed by atoms with Crippen LogP contribution in [0, 0.1) is 0 Å². The van der Waals surface area contributed by atoms with Crippen LogP contribution in [-0.4, -0.2) is 60.5 Å². The minimum absolute atomic E-state index is 0.140. The molecule has 1 aliphatic rings. The third kappa shape index (κ3) is 5.03. The maximum Gasteiger partial charge on any atom is 0.341 e. The maximum absolute atomic E-state index is 10.8. The molecular formula is C20H23N5O5. The number of nitrogens with zero attached hydrogens (tertiary/aromatic N) is 4. The molecule has 1 unspecified atom stereocenters. The van der Waals surface area contributed by atoms with Gasteiger partial charge < -0.3 is 19.9 Å². The van der Waals surface area contributed by atoms with Crippen LogP contribution in [0.3, 0.4) is 0 Å². The van der Waals surface area contributed by atoms with Gasteiger partial charge >= 0.3 is 5.97 Å². The number of H-pyrrole nitrogens is 1. The summed E-state index contributed by atoms with van der Waals surface area (Å²) in [5.41, 5.74) is 4.26. The van der Waals surface area contributed by atoms with E-state index in [9.17, 15) is 4.79 Å². The standard InChI is InChI=1S/C19H21N5O3.CH2O2/c1-23-7-14(6-22-23)15-9-24(10-16-19(15)21-12-20-16)8-13-4-2-3-5-17(13)27-11-18(25)26;2-1-3/h2-7,12,15H,8-11H2,1H3,(H,20,21)(H,25,26);1H,(H,2,3). The van der Waals surface area contributed by atoms with Crippen LogP contribution in [0.25, 0.3) is 0 Å². The summed E-state index contributed by atoms with van der Waals surface area (Å²) < 4.78 is 7.25. The Bertz CT molecular complexity index is 999. The number of para-hydroxylation sites is 1. The second-order valence-corrected chi connectivity index (χ2v) is 6.83. The molecule has 1 atom stereocenters. The van der Waals surface area contributed by atoms with Crippen LogP contribution in [0.2, 0.25) is 0 Å². The zero-order valence-corrected chi connectivity index (χ0v) is 16.4. The number of nitrogens with one attached hydrogen (secondary N) is 1. The number of aromatic amines is 1. The first-order chi connectivity index (χ1) is 14.5. The van der Waals surface area contributed by atoms with Gasteiger partial charge in [-0.15, -0.1) is 0 Å². The lowest BCUT2D eigenvalue weighted by molar-refractivity contribution is -0.139. The van der Waals surface area contributed by atoms with E-state index in [2.05, 4.69) is 20.0 Å². The zero-order valence-electron chi connectivity index (χ0n) is 16.4. The Kier molecular flexibility index (Phi) is 6.81. The number of imidazole rings is 1. The molecule has 0 saturated carbocycles. The Hall–Kier alpha value is -3.66. The number of aliphatic carboxylic acids is 1. The monoisotopic (exact) mass is 413 g/mol. The summed E-state index contributed by atoms with van der Waals surface area (Å²) in [4.78, 5) is 29.3. The van der Waals surface area contributed by atoms with E-state index in [0.717, 1.165) is 35.6 Å². The second-order valence-electron chi connectivity index (χ2n) is 6.83. The molecule has 2 aromatic heterocycles. The van der Waals surface area contributed by atoms with Crippen LogP contribution in [0.4, 0.5) is 0 Å². The van der Waals surface area contributed by atoms with Crippen molar-refractivity contribution < 1.29 is 24.5 Å². The van der Waals surface area contributed by atoms with Gasteiger partial charge in [0.1, 0.15) is 5.75 Å². The van der Waals surface area contributed by atoms with Crippen molar-refractivity contribution in [2.45, 2.75) is 19.0 Å². The van der Waals surface area contributed by atoms with E-state index in [1.165, 1.54) is 0 Å². The molecule has 4 rings (SSSR count). The minimum atomic E-state index is -0.985. The average Bonchev–Trinajstić information content (AvgIpc) is 3.36. The Labute approximate surface area is 172 Å². The van der Waals surface area contributed by atoms with Crippen molar-refractivity contribution in [2.24, 2.45) is 7.05 Å². The molecule has 0 spiro atoms. The fraction of sp³-hybridized carbons (Fsp3) is 0.300. The Balaban J connectivity index is 0.000000806. The predicted octanol–water partition coefficient (Wildman–Crippen LogP) is 1.46. The highest BCUT2D eigenvalue weighted by molar-refractivity contribution is 5.68. The zero-order chi connectivity index (χ0) is 21.5. The fourth-order valence-corrected chi connectivity index (χ4v) is 3.55. The van der Waals surface area contributed by atoms with E-state index in [1.807, 2.05) is 43.7 Å². The molecule has 3 aromatic rings. The molecule has 0 radical (unpaired) electrons. The van der Waals surface area contributed by atoms with Crippen LogP contribution in [0.1, 0.15) is 28.4 Å². The number of hydrogen-bond donors (Lipinski definition) is 3. The van der Waals surface area contributed by atoms with E-state index >= 15 is 0 Å². The summed E-state index contributed by atoms with van der Waals surface area (Å²) in [6, 6.07) is 7.57. The number of ether oxygens (including phenoxy) is 1. The van der Waals surface area contributed by atoms with Gasteiger partial charge in [0, 0.05) is 49.9 Å². The lowest BCUT2D eigenvalue weighted by atomic mass is 9.93. The van der Waals surface area contributed by atoms with Crippen molar-refractivity contribution in [3.63, 3.8) is 0 Å². The van der Waals surface area contributed by atoms with Crippen molar-refractivity contribution in [3.05, 3.63) is 65.5 Å². The van der Waals surface area contributed by atoms with Crippen molar-refractivity contribution in [3.8, 4) is 5.75 Å². The highest BCUT2D eigenvalue weighted by atomic mass is 16.5. The Morgan fingerprint density at radius 3 is 2.87 bits per heavy atom. The third-order valence-corrected chi connectivity index (χ3v) is 4.75. The highest BCUT2D eigenvalue weighted by Gasteiger charge is 2.30. The molecule has 158 valence electrons. The van der Waals surface area contributed by atoms with Crippen LogP contribution in [0.15, 0.2) is 43.0 Å². The van der Waals surface area contributed by atoms with Gasteiger partial charge in [-0.3, -0.25) is 14.4 Å². The van der Waals surface area contributed by atoms with Crippen LogP contribution in [0.5, 0.6) is 5.75 Å². The topological polar surface area (TPSA) is 134 Å². The van der Waals surface area contributed by atoms with Crippen molar-refractivity contribution in [1.29, 1.82) is 0 Å². The van der Waals surface area contributed by atoms with Gasteiger partial charge in [0.25, 0.3) is 6.47 Å². The number of benzene rings is 1. The lowest BCUT2D eigenvalue weighted by Crippen LogP contribution is -2.34. The molecule has 0 fully saturated rings. The van der Waals surface area contributed by atoms with E-state index in [-0.39, 0.29) is 19.0 Å². The molecule has 30 heavy (non-hydrogen) atoms. The average molecular weight is 413 g/mol. The van der Waals surface area contributed by atoms with E-state index in [4.69, 9.17) is 19.7 Å². The largest absolute Gasteiger partial charge is 0.483 e. The third-order valence-electron chi connectivity index (χ3n) is 4.75. The molecule has 10 heteroatoms. The summed E-state index contributed by atoms with van der Waals surface area (Å²) in [6.45, 7) is 1.61. The second kappa shape index (κ2) is 9.70. The van der Waals surface area contributed by atoms with Crippen molar-refractivity contribution >= 4 is 12.4 Å². The number of rotatable bonds is 6. The van der Waals surface area contributed by atoms with Crippen molar-refractivity contribution in [2.75, 3.05) is 13.2 Å². The van der Waals surface area contributed by atoms with Gasteiger partial charge in [-0.1, -0.05) is 18.2 Å². The molecule has 3 heterocycles. The molecule has 1 aliphatic heterocycles. The summed E-state index contributed by atoms with van der Waals surface area (Å²) in [6.07, 6.45) is 5.65. The molecular weight excluding hydrogens is 390 g/mol. The SMILES string of the molecule is Cn1cc(C2CN(Cc3ccccc3OCC(=O)O)Cc3[nH]cnc32)cn1.O=CO. The first kappa shape index (κ1) is 21.1. The number of fused-ring (bicyclic) bond motifs is 1. The normalized spacial score (nSPS) is 15.6. The van der Waals surface area contributed by atoms with E-state index < -0.39 is 5.97 Å². The smallest absolute Gasteiger partial charge is 0.341 e. The fourth-order valence-electron chi connectivity index (χ4n) is 3.55. The van der Waals surface area contributed by atoms with Gasteiger partial charge in [-0.25, -0.2) is 9.78 Å². The van der Waals surface area contributed by atoms with Crippen LogP contribution < -0.4 is 4.74 Å². The van der Waals surface area contributed by atoms with Gasteiger partial charge in [0.15, 0.2) is 6.61 Å². The number of aromatic nitrogens is 4. The number of hydrogen-bond acceptors (Lipinski definition) is 6. The molecule has 0 bridgehead atoms. The molecule has 1 aromatic carbocycles. The summed E-state index contributed by atoms with van der Waals surface area (Å²) in [5, 5.41) is 20.1. The summed E-state index contributed by atoms with van der Waals surface area (Å²) in [7, 11) is 1.91. The molecule has 0 saturated heterocycles. The summed E-state index contributed by atoms with van der Waals surface area (Å²) >= 11 is 0. The van der Waals surface area contributed by atoms with Gasteiger partial charge in [-0.2, -0.15) is 5.10 Å². The predicted molar refractivity (Wildman–Crippen MR) is 106 cm³/mol. The highest BCUT2D eigenvalue weighted by Crippen LogP contribution is 2.32. The van der Waals surface area contributed by atoms with Crippen LogP contribution >= 0.6 is 0 Å². The van der Waals surface area contributed by atoms with Crippen LogP contribution in [-0.2, 0) is 29.7 Å². The van der Waals surface area contributed by atoms with Gasteiger partial charge in [-0.05, 0) is 6.07 Å². The number of carboxylic acid groups (broad SMARTS) is 2. The maximum atomic E-state index is 10.8. The number of carbonyl (C=O) groups is 2. The molecule has 10 nitrogen and oxygen atoms in total. The minimum Gasteiger partial charge on any atom is -0.483 e. The van der Waals surface area contributed by atoms with Gasteiger partial charge in [0.05, 0.1) is 23.9 Å². The Morgan fingerprint density at radius 1 is 1.40 bits per heavy atom. The van der Waals surface area contributed by atoms with E-state index in [0.29, 0.717) is 12.3 Å². The lowest BCUT2D eigenvalue weighted by Gasteiger charge is -2.32.